The van der Waals surface area contributed by atoms with Gasteiger partial charge in [-0.25, -0.2) is 21.9 Å². The van der Waals surface area contributed by atoms with Crippen molar-refractivity contribution in [2.45, 2.75) is 11.4 Å². The largest absolute Gasteiger partial charge is 0.507 e. The molecule has 0 saturated heterocycles. The molecule has 4 aromatic rings. The zero-order chi connectivity index (χ0) is 23.8. The van der Waals surface area contributed by atoms with E-state index in [0.29, 0.717) is 0 Å². The number of hydrogen-bond donors (Lipinski definition) is 2. The highest BCUT2D eigenvalue weighted by molar-refractivity contribution is 7.89. The Labute approximate surface area is 188 Å². The molecule has 0 bridgehead atoms. The second-order valence-corrected chi connectivity index (χ2v) is 9.28. The molecule has 0 atom stereocenters. The lowest BCUT2D eigenvalue weighted by molar-refractivity contribution is 0.427. The minimum Gasteiger partial charge on any atom is -0.507 e. The maximum atomic E-state index is 14.3. The summed E-state index contributed by atoms with van der Waals surface area (Å²) in [5.41, 5.74) is 0.447. The molecule has 0 saturated carbocycles. The molecule has 0 radical (unpaired) electrons. The first-order valence-corrected chi connectivity index (χ1v) is 11.2. The summed E-state index contributed by atoms with van der Waals surface area (Å²) in [7, 11) is -3.05. The predicted octanol–water partition coefficient (Wildman–Crippen LogP) is 4.05. The zero-order valence-electron chi connectivity index (χ0n) is 17.4. The van der Waals surface area contributed by atoms with E-state index in [1.807, 2.05) is 0 Å². The standard InChI is InChI=1S/C23H19F2N3O4S/c1-27(14-15-6-2-3-7-17(15)24)33(31,32)23-12-16(21(29)13-22(23)30)19-10-11-26-28(19)20-9-5-4-8-18(20)25/h2-13,29-30H,14H2,1H3. The molecule has 1 aromatic heterocycles. The van der Waals surface area contributed by atoms with Crippen LogP contribution in [0.1, 0.15) is 5.56 Å². The SMILES string of the molecule is CN(Cc1ccccc1F)S(=O)(=O)c1cc(-c2ccnn2-c2ccccc2F)c(O)cc1O. The first kappa shape index (κ1) is 22.4. The summed E-state index contributed by atoms with van der Waals surface area (Å²) < 4.78 is 56.8. The lowest BCUT2D eigenvalue weighted by atomic mass is 10.1. The molecule has 170 valence electrons. The highest BCUT2D eigenvalue weighted by Gasteiger charge is 2.28. The number of rotatable bonds is 6. The number of para-hydroxylation sites is 1. The molecule has 0 fully saturated rings. The fourth-order valence-electron chi connectivity index (χ4n) is 3.41. The molecule has 3 aromatic carbocycles. The van der Waals surface area contributed by atoms with Gasteiger partial charge in [0.2, 0.25) is 10.0 Å². The lowest BCUT2D eigenvalue weighted by Gasteiger charge is -2.19. The highest BCUT2D eigenvalue weighted by Crippen LogP contribution is 2.38. The van der Waals surface area contributed by atoms with Crippen LogP contribution in [-0.4, -0.2) is 39.8 Å². The molecule has 0 amide bonds. The van der Waals surface area contributed by atoms with Crippen LogP contribution >= 0.6 is 0 Å². The van der Waals surface area contributed by atoms with Crippen LogP contribution in [-0.2, 0) is 16.6 Å². The minimum absolute atomic E-state index is 0.00594. The van der Waals surface area contributed by atoms with Crippen molar-refractivity contribution in [3.63, 3.8) is 0 Å². The Morgan fingerprint density at radius 3 is 2.30 bits per heavy atom. The molecule has 0 unspecified atom stereocenters. The number of phenols is 2. The van der Waals surface area contributed by atoms with E-state index in [2.05, 4.69) is 5.10 Å². The molecule has 7 nitrogen and oxygen atoms in total. The Bertz CT molecular complexity index is 1440. The van der Waals surface area contributed by atoms with Crippen molar-refractivity contribution in [2.75, 3.05) is 7.05 Å². The van der Waals surface area contributed by atoms with Gasteiger partial charge in [0.05, 0.1) is 11.9 Å². The Morgan fingerprint density at radius 1 is 0.939 bits per heavy atom. The van der Waals surface area contributed by atoms with Crippen LogP contribution in [0.3, 0.4) is 0 Å². The number of sulfonamides is 1. The fourth-order valence-corrected chi connectivity index (χ4v) is 4.65. The molecule has 0 aliphatic heterocycles. The fraction of sp³-hybridized carbons (Fsp3) is 0.0870. The van der Waals surface area contributed by atoms with E-state index in [9.17, 15) is 27.4 Å². The van der Waals surface area contributed by atoms with Crippen molar-refractivity contribution in [3.8, 4) is 28.4 Å². The molecule has 33 heavy (non-hydrogen) atoms. The third-order valence-corrected chi connectivity index (χ3v) is 6.95. The first-order chi connectivity index (χ1) is 15.7. The molecule has 0 aliphatic carbocycles. The van der Waals surface area contributed by atoms with Crippen LogP contribution in [0.4, 0.5) is 8.78 Å². The van der Waals surface area contributed by atoms with E-state index < -0.39 is 38.1 Å². The Morgan fingerprint density at radius 2 is 1.61 bits per heavy atom. The van der Waals surface area contributed by atoms with Gasteiger partial charge in [0, 0.05) is 30.8 Å². The van der Waals surface area contributed by atoms with Gasteiger partial charge in [-0.3, -0.25) is 0 Å². The number of halogens is 2. The topological polar surface area (TPSA) is 95.7 Å². The van der Waals surface area contributed by atoms with Crippen molar-refractivity contribution in [2.24, 2.45) is 0 Å². The van der Waals surface area contributed by atoms with Gasteiger partial charge in [-0.1, -0.05) is 30.3 Å². The number of benzene rings is 3. The minimum atomic E-state index is -4.30. The smallest absolute Gasteiger partial charge is 0.246 e. The second kappa shape index (κ2) is 8.64. The summed E-state index contributed by atoms with van der Waals surface area (Å²) in [6.07, 6.45) is 1.37. The molecule has 0 aliphatic rings. The molecule has 4 rings (SSSR count). The second-order valence-electron chi connectivity index (χ2n) is 7.27. The number of nitrogens with zero attached hydrogens (tertiary/aromatic N) is 3. The third-order valence-electron chi connectivity index (χ3n) is 5.12. The zero-order valence-corrected chi connectivity index (χ0v) is 18.2. The van der Waals surface area contributed by atoms with E-state index in [1.165, 1.54) is 60.4 Å². The molecular formula is C23H19F2N3O4S. The Kier molecular flexibility index (Phi) is 5.88. The predicted molar refractivity (Wildman–Crippen MR) is 117 cm³/mol. The monoisotopic (exact) mass is 471 g/mol. The van der Waals surface area contributed by atoms with Gasteiger partial charge in [0.1, 0.15) is 33.7 Å². The van der Waals surface area contributed by atoms with Gasteiger partial charge in [-0.05, 0) is 30.3 Å². The maximum Gasteiger partial charge on any atom is 0.246 e. The van der Waals surface area contributed by atoms with Crippen LogP contribution in [0, 0.1) is 11.6 Å². The van der Waals surface area contributed by atoms with Crippen molar-refractivity contribution < 1.29 is 27.4 Å². The van der Waals surface area contributed by atoms with E-state index in [-0.39, 0.29) is 29.1 Å². The van der Waals surface area contributed by atoms with Crippen LogP contribution in [0.15, 0.2) is 77.8 Å². The van der Waals surface area contributed by atoms with Gasteiger partial charge in [-0.2, -0.15) is 9.40 Å². The summed E-state index contributed by atoms with van der Waals surface area (Å²) in [6.45, 7) is -0.280. The van der Waals surface area contributed by atoms with Crippen molar-refractivity contribution >= 4 is 10.0 Å². The van der Waals surface area contributed by atoms with Crippen molar-refractivity contribution in [3.05, 3.63) is 90.1 Å². The molecule has 10 heteroatoms. The Balaban J connectivity index is 1.79. The van der Waals surface area contributed by atoms with Gasteiger partial charge in [0.15, 0.2) is 0 Å². The quantitative estimate of drug-likeness (QED) is 0.442. The lowest BCUT2D eigenvalue weighted by Crippen LogP contribution is -2.27. The van der Waals surface area contributed by atoms with Gasteiger partial charge >= 0.3 is 0 Å². The number of aromatic nitrogens is 2. The normalized spacial score (nSPS) is 11.8. The number of phenolic OH excluding ortho intramolecular Hbond substituents is 2. The Hall–Kier alpha value is -3.76. The van der Waals surface area contributed by atoms with Gasteiger partial charge < -0.3 is 10.2 Å². The van der Waals surface area contributed by atoms with Crippen molar-refractivity contribution in [1.82, 2.24) is 14.1 Å². The van der Waals surface area contributed by atoms with Gasteiger partial charge in [0.25, 0.3) is 0 Å². The van der Waals surface area contributed by atoms with Crippen LogP contribution < -0.4 is 0 Å². The van der Waals surface area contributed by atoms with E-state index in [0.717, 1.165) is 16.4 Å². The number of aromatic hydroxyl groups is 2. The summed E-state index contributed by atoms with van der Waals surface area (Å²) >= 11 is 0. The summed E-state index contributed by atoms with van der Waals surface area (Å²) in [6, 6.07) is 15.0. The summed E-state index contributed by atoms with van der Waals surface area (Å²) in [5.74, 6) is -2.25. The highest BCUT2D eigenvalue weighted by atomic mass is 32.2. The maximum absolute atomic E-state index is 14.3. The third kappa shape index (κ3) is 4.18. The summed E-state index contributed by atoms with van der Waals surface area (Å²) in [5, 5.41) is 24.9. The van der Waals surface area contributed by atoms with E-state index in [1.54, 1.807) is 12.1 Å². The van der Waals surface area contributed by atoms with E-state index in [4.69, 9.17) is 0 Å². The average molecular weight is 471 g/mol. The summed E-state index contributed by atoms with van der Waals surface area (Å²) in [4.78, 5) is -0.504. The molecular weight excluding hydrogens is 452 g/mol. The molecule has 1 heterocycles. The van der Waals surface area contributed by atoms with Gasteiger partial charge in [-0.15, -0.1) is 0 Å². The van der Waals surface area contributed by atoms with Crippen LogP contribution in [0.5, 0.6) is 11.5 Å². The number of hydrogen-bond acceptors (Lipinski definition) is 5. The van der Waals surface area contributed by atoms with Crippen LogP contribution in [0.25, 0.3) is 16.9 Å². The molecule has 2 N–H and O–H groups in total. The van der Waals surface area contributed by atoms with E-state index >= 15 is 0 Å². The van der Waals surface area contributed by atoms with Crippen LogP contribution in [0.2, 0.25) is 0 Å². The average Bonchev–Trinajstić information content (AvgIpc) is 3.24. The first-order valence-electron chi connectivity index (χ1n) is 9.75. The molecule has 0 spiro atoms. The van der Waals surface area contributed by atoms with Crippen molar-refractivity contribution in [1.29, 1.82) is 0 Å².